The van der Waals surface area contributed by atoms with E-state index in [1.807, 2.05) is 34.0 Å². The Hall–Kier alpha value is -1.81. The number of nitrogens with two attached hydrogens (primary N) is 1. The Kier molecular flexibility index (Phi) is 13.4. The van der Waals surface area contributed by atoms with Crippen molar-refractivity contribution >= 4 is 35.5 Å². The zero-order valence-electron chi connectivity index (χ0n) is 18.9. The molecule has 5 unspecified atom stereocenters. The summed E-state index contributed by atoms with van der Waals surface area (Å²) in [6.45, 7) is 9.10. The second-order valence-electron chi connectivity index (χ2n) is 8.02. The molecule has 0 bridgehead atoms. The van der Waals surface area contributed by atoms with Gasteiger partial charge in [-0.1, -0.05) is 34.1 Å². The lowest BCUT2D eigenvalue weighted by atomic mass is 9.96. The van der Waals surface area contributed by atoms with Crippen LogP contribution in [0.5, 0.6) is 0 Å². The van der Waals surface area contributed by atoms with Gasteiger partial charge in [0.1, 0.15) is 18.1 Å². The first kappa shape index (κ1) is 28.2. The first-order valence-corrected chi connectivity index (χ1v) is 11.7. The van der Waals surface area contributed by atoms with Gasteiger partial charge in [-0.15, -0.1) is 0 Å². The minimum absolute atomic E-state index is 0.177. The number of nitrogens with one attached hydrogen (secondary N) is 3. The molecule has 6 N–H and O–H groups in total. The molecular weight excluding hydrogens is 408 g/mol. The van der Waals surface area contributed by atoms with E-state index in [9.17, 15) is 24.3 Å². The van der Waals surface area contributed by atoms with Crippen molar-refractivity contribution in [3.05, 3.63) is 0 Å². The monoisotopic (exact) mass is 446 g/mol. The standard InChI is InChI=1S/C20H38N4O5S/c1-7-12(4)16(24-18(26)14(21)10-11(2)3)19(27)22-13(5)17(25)23-15(20(28)29)8-9-30-6/h11-16H,7-10,21H2,1-6H3,(H,22,27)(H,23,25)(H,24,26)(H,28,29). The van der Waals surface area contributed by atoms with Crippen LogP contribution >= 0.6 is 11.8 Å². The van der Waals surface area contributed by atoms with E-state index in [1.165, 1.54) is 18.7 Å². The van der Waals surface area contributed by atoms with E-state index in [2.05, 4.69) is 16.0 Å². The molecule has 3 amide bonds. The number of carboxylic acid groups (broad SMARTS) is 1. The number of rotatable bonds is 14. The summed E-state index contributed by atoms with van der Waals surface area (Å²) in [6.07, 6.45) is 3.25. The van der Waals surface area contributed by atoms with E-state index >= 15 is 0 Å². The molecule has 0 aromatic rings. The highest BCUT2D eigenvalue weighted by atomic mass is 32.2. The highest BCUT2D eigenvalue weighted by molar-refractivity contribution is 7.98. The number of hydrogen-bond donors (Lipinski definition) is 5. The summed E-state index contributed by atoms with van der Waals surface area (Å²) in [4.78, 5) is 48.8. The lowest BCUT2D eigenvalue weighted by Crippen LogP contribution is -2.58. The fourth-order valence-electron chi connectivity index (χ4n) is 2.74. The van der Waals surface area contributed by atoms with Crippen LogP contribution in [0.2, 0.25) is 0 Å². The Morgan fingerprint density at radius 1 is 0.967 bits per heavy atom. The second kappa shape index (κ2) is 14.2. The second-order valence-corrected chi connectivity index (χ2v) is 9.00. The Morgan fingerprint density at radius 3 is 2.03 bits per heavy atom. The molecule has 0 fully saturated rings. The van der Waals surface area contributed by atoms with E-state index in [1.54, 1.807) is 0 Å². The van der Waals surface area contributed by atoms with Crippen molar-refractivity contribution in [2.45, 2.75) is 78.0 Å². The molecule has 0 rings (SSSR count). The van der Waals surface area contributed by atoms with Gasteiger partial charge in [-0.05, 0) is 43.6 Å². The normalized spacial score (nSPS) is 16.1. The molecule has 0 saturated heterocycles. The fourth-order valence-corrected chi connectivity index (χ4v) is 3.21. The number of carbonyl (C=O) groups excluding carboxylic acids is 3. The molecule has 10 heteroatoms. The van der Waals surface area contributed by atoms with Crippen LogP contribution in [0.1, 0.15) is 53.9 Å². The molecule has 0 aromatic carbocycles. The van der Waals surface area contributed by atoms with Crippen LogP contribution in [0.15, 0.2) is 0 Å². The molecule has 0 spiro atoms. The Labute approximate surface area is 183 Å². The predicted molar refractivity (Wildman–Crippen MR) is 119 cm³/mol. The average Bonchev–Trinajstić information content (AvgIpc) is 2.67. The topological polar surface area (TPSA) is 151 Å². The van der Waals surface area contributed by atoms with Crippen molar-refractivity contribution in [2.24, 2.45) is 17.6 Å². The number of aliphatic carboxylic acids is 1. The molecule has 0 heterocycles. The summed E-state index contributed by atoms with van der Waals surface area (Å²) in [7, 11) is 0. The zero-order chi connectivity index (χ0) is 23.4. The van der Waals surface area contributed by atoms with Crippen molar-refractivity contribution in [3.8, 4) is 0 Å². The molecule has 9 nitrogen and oxygen atoms in total. The number of hydrogen-bond acceptors (Lipinski definition) is 6. The van der Waals surface area contributed by atoms with Crippen LogP contribution < -0.4 is 21.7 Å². The highest BCUT2D eigenvalue weighted by Gasteiger charge is 2.30. The number of carbonyl (C=O) groups is 4. The van der Waals surface area contributed by atoms with Crippen molar-refractivity contribution in [3.63, 3.8) is 0 Å². The van der Waals surface area contributed by atoms with Crippen LogP contribution in [-0.2, 0) is 19.2 Å². The van der Waals surface area contributed by atoms with Gasteiger partial charge >= 0.3 is 5.97 Å². The summed E-state index contributed by atoms with van der Waals surface area (Å²) >= 11 is 1.48. The molecule has 5 atom stereocenters. The molecule has 174 valence electrons. The third kappa shape index (κ3) is 10.3. The van der Waals surface area contributed by atoms with Gasteiger partial charge in [0.15, 0.2) is 0 Å². The minimum atomic E-state index is -1.13. The van der Waals surface area contributed by atoms with E-state index in [-0.39, 0.29) is 18.3 Å². The molecule has 0 aromatic heterocycles. The summed E-state index contributed by atoms with van der Waals surface area (Å²) in [5, 5.41) is 17.0. The lowest BCUT2D eigenvalue weighted by Gasteiger charge is -2.27. The maximum absolute atomic E-state index is 12.8. The molecule has 0 saturated carbocycles. The Bertz CT molecular complexity index is 588. The largest absolute Gasteiger partial charge is 0.480 e. The third-order valence-corrected chi connectivity index (χ3v) is 5.48. The van der Waals surface area contributed by atoms with E-state index in [0.717, 1.165) is 0 Å². The van der Waals surface area contributed by atoms with Crippen molar-refractivity contribution in [2.75, 3.05) is 12.0 Å². The number of amides is 3. The van der Waals surface area contributed by atoms with Crippen LogP contribution in [-0.4, -0.2) is 65.0 Å². The number of thioether (sulfide) groups is 1. The number of carboxylic acids is 1. The van der Waals surface area contributed by atoms with Gasteiger partial charge in [-0.2, -0.15) is 11.8 Å². The SMILES string of the molecule is CCC(C)C(NC(=O)C(N)CC(C)C)C(=O)NC(C)C(=O)NC(CCSC)C(=O)O. The summed E-state index contributed by atoms with van der Waals surface area (Å²) in [5.74, 6) is -2.00. The maximum atomic E-state index is 12.8. The van der Waals surface area contributed by atoms with Crippen LogP contribution in [0.3, 0.4) is 0 Å². The molecule has 0 radical (unpaired) electrons. The first-order valence-electron chi connectivity index (χ1n) is 10.3. The van der Waals surface area contributed by atoms with Gasteiger partial charge < -0.3 is 26.8 Å². The summed E-state index contributed by atoms with van der Waals surface area (Å²) < 4.78 is 0. The van der Waals surface area contributed by atoms with E-state index in [0.29, 0.717) is 18.6 Å². The quantitative estimate of drug-likeness (QED) is 0.264. The zero-order valence-corrected chi connectivity index (χ0v) is 19.7. The lowest BCUT2D eigenvalue weighted by molar-refractivity contribution is -0.142. The minimum Gasteiger partial charge on any atom is -0.480 e. The predicted octanol–water partition coefficient (Wildman–Crippen LogP) is 0.718. The third-order valence-electron chi connectivity index (χ3n) is 4.83. The highest BCUT2D eigenvalue weighted by Crippen LogP contribution is 2.10. The van der Waals surface area contributed by atoms with Gasteiger partial charge in [0, 0.05) is 0 Å². The Balaban J connectivity index is 5.06. The van der Waals surface area contributed by atoms with Crippen LogP contribution in [0, 0.1) is 11.8 Å². The summed E-state index contributed by atoms with van der Waals surface area (Å²) in [5.41, 5.74) is 5.92. The molecule has 0 aliphatic rings. The van der Waals surface area contributed by atoms with Crippen LogP contribution in [0.25, 0.3) is 0 Å². The van der Waals surface area contributed by atoms with Gasteiger partial charge in [-0.3, -0.25) is 14.4 Å². The molecule has 0 aliphatic carbocycles. The van der Waals surface area contributed by atoms with Crippen LogP contribution in [0.4, 0.5) is 0 Å². The maximum Gasteiger partial charge on any atom is 0.326 e. The van der Waals surface area contributed by atoms with Crippen molar-refractivity contribution in [1.29, 1.82) is 0 Å². The van der Waals surface area contributed by atoms with Gasteiger partial charge in [0.05, 0.1) is 6.04 Å². The van der Waals surface area contributed by atoms with Crippen molar-refractivity contribution in [1.82, 2.24) is 16.0 Å². The smallest absolute Gasteiger partial charge is 0.326 e. The molecule has 0 aliphatic heterocycles. The summed E-state index contributed by atoms with van der Waals surface area (Å²) in [6, 6.07) is -3.55. The molecule has 30 heavy (non-hydrogen) atoms. The molecular formula is C20H38N4O5S. The first-order chi connectivity index (χ1) is 13.9. The van der Waals surface area contributed by atoms with Crippen molar-refractivity contribution < 1.29 is 24.3 Å². The Morgan fingerprint density at radius 2 is 1.57 bits per heavy atom. The van der Waals surface area contributed by atoms with E-state index in [4.69, 9.17) is 5.73 Å². The fraction of sp³-hybridized carbons (Fsp3) is 0.800. The van der Waals surface area contributed by atoms with Gasteiger partial charge in [0.25, 0.3) is 0 Å². The van der Waals surface area contributed by atoms with Gasteiger partial charge in [0.2, 0.25) is 17.7 Å². The van der Waals surface area contributed by atoms with E-state index < -0.39 is 47.9 Å². The van der Waals surface area contributed by atoms with Gasteiger partial charge in [-0.25, -0.2) is 4.79 Å². The average molecular weight is 447 g/mol.